The van der Waals surface area contributed by atoms with Crippen LogP contribution in [-0.4, -0.2) is 19.7 Å². The first-order valence-electron chi connectivity index (χ1n) is 5.18. The molecule has 0 aliphatic heterocycles. The number of hydrogen-bond donors (Lipinski definition) is 0. The molecule has 2 rings (SSSR count). The van der Waals surface area contributed by atoms with Gasteiger partial charge in [-0.1, -0.05) is 5.11 Å². The van der Waals surface area contributed by atoms with Gasteiger partial charge in [0.25, 0.3) is 0 Å². The molecule has 2 aromatic rings. The van der Waals surface area contributed by atoms with Crippen molar-refractivity contribution in [3.05, 3.63) is 40.8 Å². The van der Waals surface area contributed by atoms with Crippen molar-refractivity contribution < 1.29 is 0 Å². The molecule has 7 heteroatoms. The summed E-state index contributed by atoms with van der Waals surface area (Å²) in [6, 6.07) is 0. The van der Waals surface area contributed by atoms with Gasteiger partial charge in [-0.05, 0) is 12.5 Å². The summed E-state index contributed by atoms with van der Waals surface area (Å²) in [4.78, 5) is 10.9. The van der Waals surface area contributed by atoms with E-state index in [-0.39, 0.29) is 6.54 Å². The molecule has 0 spiro atoms. The van der Waals surface area contributed by atoms with Crippen LogP contribution in [0, 0.1) is 0 Å². The fourth-order valence-corrected chi connectivity index (χ4v) is 1.49. The number of aromatic nitrogens is 4. The highest BCUT2D eigenvalue weighted by atomic mass is 15.3. The zero-order chi connectivity index (χ0) is 12.1. The summed E-state index contributed by atoms with van der Waals surface area (Å²) >= 11 is 0. The predicted molar refractivity (Wildman–Crippen MR) is 61.8 cm³/mol. The van der Waals surface area contributed by atoms with Crippen LogP contribution in [-0.2, 0) is 13.1 Å². The summed E-state index contributed by atoms with van der Waals surface area (Å²) < 4.78 is 1.78. The van der Waals surface area contributed by atoms with Gasteiger partial charge in [0.2, 0.25) is 0 Å². The molecule has 0 aliphatic rings. The van der Waals surface area contributed by atoms with E-state index in [0.717, 1.165) is 12.1 Å². The van der Waals surface area contributed by atoms with Gasteiger partial charge in [-0.2, -0.15) is 5.10 Å². The molecule has 0 unspecified atom stereocenters. The van der Waals surface area contributed by atoms with Crippen LogP contribution >= 0.6 is 0 Å². The Kier molecular flexibility index (Phi) is 3.32. The number of aryl methyl sites for hydroxylation is 1. The second kappa shape index (κ2) is 5.09. The minimum Gasteiger partial charge on any atom is -0.272 e. The van der Waals surface area contributed by atoms with Crippen LogP contribution in [0.2, 0.25) is 0 Å². The van der Waals surface area contributed by atoms with Crippen LogP contribution in [0.25, 0.3) is 21.8 Å². The van der Waals surface area contributed by atoms with Crippen molar-refractivity contribution in [3.63, 3.8) is 0 Å². The Bertz CT molecular complexity index is 539. The fourth-order valence-electron chi connectivity index (χ4n) is 1.49. The second-order valence-electron chi connectivity index (χ2n) is 3.34. The lowest BCUT2D eigenvalue weighted by Crippen LogP contribution is -1.94. The van der Waals surface area contributed by atoms with E-state index in [1.54, 1.807) is 23.3 Å². The molecule has 2 aromatic heterocycles. The van der Waals surface area contributed by atoms with E-state index in [2.05, 4.69) is 25.1 Å². The maximum atomic E-state index is 8.36. The highest BCUT2D eigenvalue weighted by Crippen LogP contribution is 2.19. The van der Waals surface area contributed by atoms with Crippen molar-refractivity contribution in [1.82, 2.24) is 19.7 Å². The van der Waals surface area contributed by atoms with Gasteiger partial charge >= 0.3 is 0 Å². The highest BCUT2D eigenvalue weighted by Gasteiger charge is 2.11. The van der Waals surface area contributed by atoms with Gasteiger partial charge in [-0.25, -0.2) is 0 Å². The third kappa shape index (κ3) is 2.40. The first-order valence-corrected chi connectivity index (χ1v) is 5.18. The Hall–Kier alpha value is -2.40. The Balaban J connectivity index is 2.44. The van der Waals surface area contributed by atoms with Crippen LogP contribution in [0.1, 0.15) is 12.5 Å². The first-order chi connectivity index (χ1) is 8.35. The Morgan fingerprint density at radius 3 is 3.00 bits per heavy atom. The van der Waals surface area contributed by atoms with Gasteiger partial charge in [0.1, 0.15) is 11.4 Å². The molecule has 0 atom stereocenters. The van der Waals surface area contributed by atoms with Crippen LogP contribution < -0.4 is 0 Å². The van der Waals surface area contributed by atoms with E-state index in [4.69, 9.17) is 5.53 Å². The quantitative estimate of drug-likeness (QED) is 0.456. The van der Waals surface area contributed by atoms with Crippen molar-refractivity contribution in [2.75, 3.05) is 0 Å². The monoisotopic (exact) mass is 229 g/mol. The van der Waals surface area contributed by atoms with Crippen LogP contribution in [0.15, 0.2) is 29.9 Å². The molecule has 0 saturated carbocycles. The molecular formula is C10H11N7. The van der Waals surface area contributed by atoms with Crippen molar-refractivity contribution in [2.45, 2.75) is 20.0 Å². The molecule has 86 valence electrons. The summed E-state index contributed by atoms with van der Waals surface area (Å²) in [5, 5.41) is 7.94. The van der Waals surface area contributed by atoms with Crippen LogP contribution in [0.3, 0.4) is 0 Å². The Morgan fingerprint density at radius 2 is 2.35 bits per heavy atom. The lowest BCUT2D eigenvalue weighted by atomic mass is 10.2. The smallest absolute Gasteiger partial charge is 0.116 e. The van der Waals surface area contributed by atoms with Gasteiger partial charge in [0.15, 0.2) is 0 Å². The molecule has 0 bridgehead atoms. The normalized spacial score (nSPS) is 9.94. The van der Waals surface area contributed by atoms with Gasteiger partial charge in [0.05, 0.1) is 12.7 Å². The largest absolute Gasteiger partial charge is 0.272 e. The van der Waals surface area contributed by atoms with Crippen molar-refractivity contribution in [1.29, 1.82) is 0 Å². The molecule has 0 N–H and O–H groups in total. The van der Waals surface area contributed by atoms with E-state index >= 15 is 0 Å². The molecule has 7 nitrogen and oxygen atoms in total. The zero-order valence-electron chi connectivity index (χ0n) is 9.35. The predicted octanol–water partition coefficient (Wildman–Crippen LogP) is 2.17. The van der Waals surface area contributed by atoms with Crippen LogP contribution in [0.4, 0.5) is 0 Å². The molecule has 0 aromatic carbocycles. The second-order valence-corrected chi connectivity index (χ2v) is 3.34. The number of rotatable bonds is 4. The molecule has 17 heavy (non-hydrogen) atoms. The number of nitrogens with zero attached hydrogens (tertiary/aromatic N) is 7. The average Bonchev–Trinajstić information content (AvgIpc) is 2.80. The fraction of sp³-hybridized carbons (Fsp3) is 0.300. The maximum absolute atomic E-state index is 8.36. The minimum atomic E-state index is 0.266. The number of hydrogen-bond acceptors (Lipinski definition) is 4. The van der Waals surface area contributed by atoms with Crippen molar-refractivity contribution >= 4 is 0 Å². The van der Waals surface area contributed by atoms with E-state index in [1.165, 1.54) is 0 Å². The van der Waals surface area contributed by atoms with Gasteiger partial charge < -0.3 is 0 Å². The molecular weight excluding hydrogens is 218 g/mol. The average molecular weight is 229 g/mol. The summed E-state index contributed by atoms with van der Waals surface area (Å²) in [6.45, 7) is 3.01. The van der Waals surface area contributed by atoms with Gasteiger partial charge in [-0.15, -0.1) is 0 Å². The molecule has 0 radical (unpaired) electrons. The summed E-state index contributed by atoms with van der Waals surface area (Å²) in [5.41, 5.74) is 10.6. The summed E-state index contributed by atoms with van der Waals surface area (Å²) in [6.07, 6.45) is 6.71. The molecule has 0 aliphatic carbocycles. The van der Waals surface area contributed by atoms with E-state index in [0.29, 0.717) is 11.4 Å². The zero-order valence-corrected chi connectivity index (χ0v) is 9.35. The third-order valence-corrected chi connectivity index (χ3v) is 2.27. The van der Waals surface area contributed by atoms with E-state index in [9.17, 15) is 0 Å². The van der Waals surface area contributed by atoms with Crippen LogP contribution in [0.5, 0.6) is 0 Å². The van der Waals surface area contributed by atoms with Gasteiger partial charge in [0, 0.05) is 35.6 Å². The molecule has 2 heterocycles. The number of azide groups is 1. The van der Waals surface area contributed by atoms with Crippen molar-refractivity contribution in [2.24, 2.45) is 5.11 Å². The van der Waals surface area contributed by atoms with E-state index in [1.807, 2.05) is 13.1 Å². The lowest BCUT2D eigenvalue weighted by Gasteiger charge is -1.96. The first kappa shape index (κ1) is 11.1. The minimum absolute atomic E-state index is 0.266. The molecule has 0 saturated heterocycles. The third-order valence-electron chi connectivity index (χ3n) is 2.27. The Labute approximate surface area is 97.8 Å². The standard InChI is InChI=1S/C10H11N7/c1-2-17-7-8(5-14-16-11)10(15-17)9-6-12-3-4-13-9/h3-4,6-7H,2,5H2,1H3. The topological polar surface area (TPSA) is 92.4 Å². The molecule has 0 amide bonds. The van der Waals surface area contributed by atoms with Gasteiger partial charge in [-0.3, -0.25) is 14.6 Å². The van der Waals surface area contributed by atoms with Crippen molar-refractivity contribution in [3.8, 4) is 11.4 Å². The Morgan fingerprint density at radius 1 is 1.47 bits per heavy atom. The lowest BCUT2D eigenvalue weighted by molar-refractivity contribution is 0.660. The summed E-state index contributed by atoms with van der Waals surface area (Å²) in [5.74, 6) is 0. The summed E-state index contributed by atoms with van der Waals surface area (Å²) in [7, 11) is 0. The van der Waals surface area contributed by atoms with E-state index < -0.39 is 0 Å². The highest BCUT2D eigenvalue weighted by molar-refractivity contribution is 5.56. The maximum Gasteiger partial charge on any atom is 0.116 e. The SMILES string of the molecule is CCn1cc(CN=[N+]=[N-])c(-c2cnccn2)n1. The molecule has 0 fully saturated rings.